The average molecular weight is 197 g/mol. The van der Waals surface area contributed by atoms with Gasteiger partial charge in [-0.15, -0.1) is 0 Å². The molecule has 0 saturated carbocycles. The molecule has 7 heteroatoms. The van der Waals surface area contributed by atoms with Crippen LogP contribution in [0.15, 0.2) is 28.8 Å². The van der Waals surface area contributed by atoms with Crippen LogP contribution in [0, 0.1) is 6.08 Å². The molecule has 0 unspecified atom stereocenters. The molecule has 0 radical (unpaired) electrons. The Hall–Kier alpha value is -1.50. The molecule has 2 rings (SSSR count). The van der Waals surface area contributed by atoms with Gasteiger partial charge in [-0.2, -0.15) is 14.5 Å². The van der Waals surface area contributed by atoms with E-state index in [2.05, 4.69) is 25.1 Å². The molecule has 0 bridgehead atoms. The number of halogens is 1. The van der Waals surface area contributed by atoms with Gasteiger partial charge in [0.2, 0.25) is 0 Å². The lowest BCUT2D eigenvalue weighted by atomic mass is 10.7. The van der Waals surface area contributed by atoms with Crippen molar-refractivity contribution in [2.45, 2.75) is 10.2 Å². The van der Waals surface area contributed by atoms with E-state index in [4.69, 9.17) is 0 Å². The number of H-pyrrole nitrogens is 1. The van der Waals surface area contributed by atoms with Crippen LogP contribution in [-0.4, -0.2) is 25.1 Å². The van der Waals surface area contributed by atoms with Crippen LogP contribution in [-0.2, 0) is 0 Å². The third-order valence-corrected chi connectivity index (χ3v) is 2.02. The summed E-state index contributed by atoms with van der Waals surface area (Å²) in [6.45, 7) is 0. The van der Waals surface area contributed by atoms with Crippen molar-refractivity contribution >= 4 is 11.8 Å². The highest BCUT2D eigenvalue weighted by Crippen LogP contribution is 2.20. The summed E-state index contributed by atoms with van der Waals surface area (Å²) >= 11 is 1.19. The fourth-order valence-electron chi connectivity index (χ4n) is 0.719. The maximum Gasteiger partial charge on any atom is 0.309 e. The Morgan fingerprint density at radius 1 is 1.38 bits per heavy atom. The van der Waals surface area contributed by atoms with E-state index in [9.17, 15) is 4.39 Å². The van der Waals surface area contributed by atoms with Gasteiger partial charge in [-0.1, -0.05) is 0 Å². The lowest BCUT2D eigenvalue weighted by Crippen LogP contribution is -1.89. The minimum atomic E-state index is -0.746. The Labute approximate surface area is 76.8 Å². The van der Waals surface area contributed by atoms with Gasteiger partial charge < -0.3 is 0 Å². The van der Waals surface area contributed by atoms with Crippen LogP contribution in [0.3, 0.4) is 0 Å². The van der Waals surface area contributed by atoms with Crippen LogP contribution in [0.2, 0.25) is 0 Å². The van der Waals surface area contributed by atoms with Crippen LogP contribution in [0.1, 0.15) is 0 Å². The molecule has 0 aliphatic carbocycles. The van der Waals surface area contributed by atoms with Crippen molar-refractivity contribution in [1.29, 1.82) is 0 Å². The summed E-state index contributed by atoms with van der Waals surface area (Å²) in [6.07, 6.45) is 1.98. The summed E-state index contributed by atoms with van der Waals surface area (Å²) < 4.78 is 12.5. The second-order valence-corrected chi connectivity index (χ2v) is 3.07. The minimum absolute atomic E-state index is 0.490. The number of aromatic nitrogens is 5. The van der Waals surface area contributed by atoms with Crippen LogP contribution in [0.5, 0.6) is 0 Å². The standard InChI is InChI=1S/C6H4FN5S/c7-5-8-2-1-4(11-5)13-6-9-3-10-12-6/h1-3H,(H,9,10,12). The van der Waals surface area contributed by atoms with Crippen molar-refractivity contribution in [2.75, 3.05) is 0 Å². The SMILES string of the molecule is Fc1nccc(Sc2ncn[nH]2)n1. The third-order valence-electron chi connectivity index (χ3n) is 1.19. The predicted molar refractivity (Wildman–Crippen MR) is 42.5 cm³/mol. The molecular weight excluding hydrogens is 193 g/mol. The molecular formula is C6H4FN5S. The summed E-state index contributed by atoms with van der Waals surface area (Å²) in [4.78, 5) is 10.7. The van der Waals surface area contributed by atoms with Crippen LogP contribution in [0.25, 0.3) is 0 Å². The van der Waals surface area contributed by atoms with E-state index in [-0.39, 0.29) is 0 Å². The lowest BCUT2D eigenvalue weighted by Gasteiger charge is -1.94. The van der Waals surface area contributed by atoms with E-state index in [0.717, 1.165) is 0 Å². The summed E-state index contributed by atoms with van der Waals surface area (Å²) in [6, 6.07) is 1.59. The molecule has 5 nitrogen and oxygen atoms in total. The molecule has 0 fully saturated rings. The number of hydrogen-bond acceptors (Lipinski definition) is 5. The number of aromatic amines is 1. The van der Waals surface area contributed by atoms with E-state index in [1.54, 1.807) is 6.07 Å². The minimum Gasteiger partial charge on any atom is -0.254 e. The fourth-order valence-corrected chi connectivity index (χ4v) is 1.37. The largest absolute Gasteiger partial charge is 0.309 e. The topological polar surface area (TPSA) is 67.3 Å². The van der Waals surface area contributed by atoms with Gasteiger partial charge in [0.25, 0.3) is 0 Å². The summed E-state index contributed by atoms with van der Waals surface area (Å²) in [5, 5.41) is 7.33. The van der Waals surface area contributed by atoms with Crippen LogP contribution >= 0.6 is 11.8 Å². The van der Waals surface area contributed by atoms with Gasteiger partial charge in [-0.25, -0.2) is 9.97 Å². The van der Waals surface area contributed by atoms with Gasteiger partial charge in [0.05, 0.1) is 0 Å². The van der Waals surface area contributed by atoms with E-state index in [0.29, 0.717) is 10.2 Å². The smallest absolute Gasteiger partial charge is 0.254 e. The molecule has 0 aromatic carbocycles. The number of rotatable bonds is 2. The highest BCUT2D eigenvalue weighted by Gasteiger charge is 2.02. The van der Waals surface area contributed by atoms with E-state index >= 15 is 0 Å². The van der Waals surface area contributed by atoms with Crippen LogP contribution < -0.4 is 0 Å². The molecule has 0 spiro atoms. The number of hydrogen-bond donors (Lipinski definition) is 1. The third kappa shape index (κ3) is 2.00. The molecule has 0 atom stereocenters. The maximum atomic E-state index is 12.5. The van der Waals surface area contributed by atoms with Crippen LogP contribution in [0.4, 0.5) is 4.39 Å². The van der Waals surface area contributed by atoms with Gasteiger partial charge in [0.15, 0.2) is 5.16 Å². The number of nitrogens with zero attached hydrogens (tertiary/aromatic N) is 4. The van der Waals surface area contributed by atoms with Crippen molar-refractivity contribution in [3.8, 4) is 0 Å². The second-order valence-electron chi connectivity index (χ2n) is 2.06. The summed E-state index contributed by atoms with van der Waals surface area (Å²) in [5.74, 6) is 0. The Morgan fingerprint density at radius 3 is 3.00 bits per heavy atom. The van der Waals surface area contributed by atoms with Gasteiger partial charge in [0.1, 0.15) is 11.4 Å². The molecule has 2 heterocycles. The molecule has 2 aromatic rings. The highest BCUT2D eigenvalue weighted by molar-refractivity contribution is 7.99. The van der Waals surface area contributed by atoms with E-state index in [1.807, 2.05) is 0 Å². The molecule has 13 heavy (non-hydrogen) atoms. The molecule has 0 saturated heterocycles. The first-order chi connectivity index (χ1) is 6.34. The molecule has 0 aliphatic rings. The normalized spacial score (nSPS) is 10.2. The molecule has 0 aliphatic heterocycles. The zero-order valence-electron chi connectivity index (χ0n) is 6.31. The Bertz CT molecular complexity index is 390. The van der Waals surface area contributed by atoms with Crippen molar-refractivity contribution < 1.29 is 4.39 Å². The zero-order chi connectivity index (χ0) is 9.10. The van der Waals surface area contributed by atoms with Crippen molar-refractivity contribution in [3.63, 3.8) is 0 Å². The molecule has 1 N–H and O–H groups in total. The highest BCUT2D eigenvalue weighted by atomic mass is 32.2. The summed E-state index contributed by atoms with van der Waals surface area (Å²) in [5.41, 5.74) is 0. The maximum absolute atomic E-state index is 12.5. The lowest BCUT2D eigenvalue weighted by molar-refractivity contribution is 0.527. The number of nitrogens with one attached hydrogen (secondary N) is 1. The Kier molecular flexibility index (Phi) is 2.17. The summed E-state index contributed by atoms with van der Waals surface area (Å²) in [7, 11) is 0. The first-order valence-corrected chi connectivity index (χ1v) is 4.18. The van der Waals surface area contributed by atoms with Gasteiger partial charge in [0, 0.05) is 6.20 Å². The second kappa shape index (κ2) is 3.48. The van der Waals surface area contributed by atoms with Crippen molar-refractivity contribution in [3.05, 3.63) is 24.7 Å². The quantitative estimate of drug-likeness (QED) is 0.572. The molecule has 66 valence electrons. The van der Waals surface area contributed by atoms with Gasteiger partial charge in [-0.3, -0.25) is 5.10 Å². The molecule has 0 amide bonds. The van der Waals surface area contributed by atoms with Gasteiger partial charge >= 0.3 is 6.08 Å². The van der Waals surface area contributed by atoms with E-state index in [1.165, 1.54) is 24.3 Å². The fraction of sp³-hybridized carbons (Fsp3) is 0. The first kappa shape index (κ1) is 8.11. The van der Waals surface area contributed by atoms with Gasteiger partial charge in [-0.05, 0) is 17.8 Å². The van der Waals surface area contributed by atoms with E-state index < -0.39 is 6.08 Å². The van der Waals surface area contributed by atoms with Crippen molar-refractivity contribution in [1.82, 2.24) is 25.1 Å². The average Bonchev–Trinajstić information content (AvgIpc) is 2.57. The Balaban J connectivity index is 2.19. The Morgan fingerprint density at radius 2 is 2.31 bits per heavy atom. The zero-order valence-corrected chi connectivity index (χ0v) is 7.12. The molecule has 2 aromatic heterocycles. The first-order valence-electron chi connectivity index (χ1n) is 3.36. The predicted octanol–water partition coefficient (Wildman–Crippen LogP) is 0.885. The van der Waals surface area contributed by atoms with Crippen molar-refractivity contribution in [2.24, 2.45) is 0 Å². The monoisotopic (exact) mass is 197 g/mol.